The summed E-state index contributed by atoms with van der Waals surface area (Å²) in [5, 5.41) is 23.9. The second-order valence-corrected chi connectivity index (χ2v) is 5.05. The summed E-state index contributed by atoms with van der Waals surface area (Å²) in [6.07, 6.45) is 0.106. The molecule has 2 amide bonds. The second kappa shape index (κ2) is 5.43. The van der Waals surface area contributed by atoms with Crippen LogP contribution in [0.15, 0.2) is 11.0 Å². The predicted molar refractivity (Wildman–Crippen MR) is 70.8 cm³/mol. The number of carbonyl (C=O) groups is 1. The third kappa shape index (κ3) is 2.62. The second-order valence-electron chi connectivity index (χ2n) is 5.05. The lowest BCUT2D eigenvalue weighted by Crippen LogP contribution is -2.30. The van der Waals surface area contributed by atoms with Gasteiger partial charge in [0.1, 0.15) is 18.1 Å². The highest BCUT2D eigenvalue weighted by molar-refractivity contribution is 5.89. The first-order valence-corrected chi connectivity index (χ1v) is 6.70. The van der Waals surface area contributed by atoms with Crippen LogP contribution < -0.4 is 16.3 Å². The van der Waals surface area contributed by atoms with E-state index in [1.165, 1.54) is 4.57 Å². The Kier molecular flexibility index (Phi) is 3.62. The van der Waals surface area contributed by atoms with Gasteiger partial charge in [0.25, 0.3) is 0 Å². The number of fused-ring (bicyclic) bond motifs is 1. The van der Waals surface area contributed by atoms with Crippen LogP contribution in [0.2, 0.25) is 0 Å². The number of aliphatic hydroxyl groups excluding tert-OH is 2. The van der Waals surface area contributed by atoms with E-state index in [0.29, 0.717) is 18.5 Å². The van der Waals surface area contributed by atoms with Gasteiger partial charge in [-0.3, -0.25) is 9.88 Å². The zero-order valence-corrected chi connectivity index (χ0v) is 11.2. The number of ether oxygens (including phenoxy) is 1. The molecule has 1 aromatic rings. The van der Waals surface area contributed by atoms with Crippen molar-refractivity contribution in [3.8, 4) is 0 Å². The van der Waals surface area contributed by atoms with Gasteiger partial charge in [0.05, 0.1) is 12.7 Å². The summed E-state index contributed by atoms with van der Waals surface area (Å²) in [4.78, 5) is 27.3. The van der Waals surface area contributed by atoms with Crippen molar-refractivity contribution in [3.63, 3.8) is 0 Å². The molecule has 0 radical (unpaired) electrons. The van der Waals surface area contributed by atoms with E-state index in [4.69, 9.17) is 9.84 Å². The topological polar surface area (TPSA) is 126 Å². The van der Waals surface area contributed by atoms with Crippen LogP contribution >= 0.6 is 0 Å². The maximum Gasteiger partial charge on any atom is 0.351 e. The Morgan fingerprint density at radius 2 is 2.29 bits per heavy atom. The van der Waals surface area contributed by atoms with Crippen molar-refractivity contribution < 1.29 is 19.7 Å². The monoisotopic (exact) mass is 296 g/mol. The molecule has 2 aliphatic heterocycles. The van der Waals surface area contributed by atoms with Gasteiger partial charge in [-0.05, 0) is 6.42 Å². The van der Waals surface area contributed by atoms with Crippen LogP contribution in [0.3, 0.4) is 0 Å². The van der Waals surface area contributed by atoms with Gasteiger partial charge in [-0.1, -0.05) is 0 Å². The number of rotatable bonds is 2. The van der Waals surface area contributed by atoms with Crippen molar-refractivity contribution in [1.82, 2.24) is 14.9 Å². The molecule has 0 aromatic carbocycles. The number of nitrogens with one attached hydrogen (secondary N) is 2. The number of nitrogens with zero attached hydrogens (tertiary/aromatic N) is 2. The molecule has 0 bridgehead atoms. The number of aliphatic hydroxyl groups is 2. The number of urea groups is 1. The highest BCUT2D eigenvalue weighted by Crippen LogP contribution is 2.28. The molecule has 1 saturated heterocycles. The highest BCUT2D eigenvalue weighted by atomic mass is 16.5. The summed E-state index contributed by atoms with van der Waals surface area (Å²) in [6, 6.07) is -0.397. The number of hydrogen-bond acceptors (Lipinski definition) is 6. The van der Waals surface area contributed by atoms with Crippen molar-refractivity contribution in [2.75, 3.05) is 18.5 Å². The first kappa shape index (κ1) is 14.0. The van der Waals surface area contributed by atoms with Crippen LogP contribution in [-0.2, 0) is 11.2 Å². The number of carbonyl (C=O) groups excluding carboxylic acids is 1. The Bertz CT molecular complexity index is 616. The Balaban J connectivity index is 1.92. The van der Waals surface area contributed by atoms with Gasteiger partial charge in [0.2, 0.25) is 0 Å². The first-order valence-electron chi connectivity index (χ1n) is 6.70. The fraction of sp³-hybridized carbons (Fsp3) is 0.583. The smallest absolute Gasteiger partial charge is 0.351 e. The van der Waals surface area contributed by atoms with Gasteiger partial charge in [0, 0.05) is 24.7 Å². The fourth-order valence-corrected chi connectivity index (χ4v) is 2.52. The molecule has 0 aliphatic carbocycles. The minimum absolute atomic E-state index is 0.205. The molecule has 0 unspecified atom stereocenters. The maximum atomic E-state index is 12.1. The summed E-state index contributed by atoms with van der Waals surface area (Å²) < 4.78 is 6.74. The van der Waals surface area contributed by atoms with Crippen LogP contribution in [0, 0.1) is 0 Å². The van der Waals surface area contributed by atoms with Crippen LogP contribution in [0.4, 0.5) is 10.6 Å². The maximum absolute atomic E-state index is 12.1. The summed E-state index contributed by atoms with van der Waals surface area (Å²) in [7, 11) is 0. The van der Waals surface area contributed by atoms with E-state index < -0.39 is 30.2 Å². The molecule has 9 nitrogen and oxygen atoms in total. The summed E-state index contributed by atoms with van der Waals surface area (Å²) in [5.74, 6) is 0.239. The standard InChI is InChI=1S/C12H16N4O5/c17-5-8-7(18)3-9(21-8)16-4-6-1-2-13-11(19)14-10(6)15-12(16)20/h4,7-9,17-18H,1-3,5H2,(H2,13,14,15,19,20)/t7-,8+,9+/m0/s1. The molecule has 2 aliphatic rings. The van der Waals surface area contributed by atoms with Gasteiger partial charge < -0.3 is 20.3 Å². The van der Waals surface area contributed by atoms with Crippen molar-refractivity contribution in [3.05, 3.63) is 22.2 Å². The van der Waals surface area contributed by atoms with E-state index in [0.717, 1.165) is 0 Å². The molecular formula is C12H16N4O5. The van der Waals surface area contributed by atoms with Crippen molar-refractivity contribution >= 4 is 11.8 Å². The first-order chi connectivity index (χ1) is 10.1. The Labute approximate surface area is 119 Å². The Hall–Kier alpha value is -1.97. The molecule has 3 atom stereocenters. The SMILES string of the molecule is O=C1NCCc2cn([C@H]3C[C@H](O)[C@@H](CO)O3)c(=O)nc2N1. The normalized spacial score (nSPS) is 28.5. The van der Waals surface area contributed by atoms with Gasteiger partial charge in [-0.25, -0.2) is 9.59 Å². The van der Waals surface area contributed by atoms with Crippen molar-refractivity contribution in [2.45, 2.75) is 31.3 Å². The van der Waals surface area contributed by atoms with Crippen molar-refractivity contribution in [1.29, 1.82) is 0 Å². The minimum Gasteiger partial charge on any atom is -0.394 e. The number of amides is 2. The van der Waals surface area contributed by atoms with E-state index in [1.54, 1.807) is 6.20 Å². The largest absolute Gasteiger partial charge is 0.394 e. The molecule has 3 heterocycles. The molecule has 114 valence electrons. The van der Waals surface area contributed by atoms with E-state index >= 15 is 0 Å². The van der Waals surface area contributed by atoms with Gasteiger partial charge in [-0.2, -0.15) is 4.98 Å². The Morgan fingerprint density at radius 1 is 1.48 bits per heavy atom. The molecule has 1 fully saturated rings. The summed E-state index contributed by atoms with van der Waals surface area (Å²) in [6.45, 7) is 0.122. The van der Waals surface area contributed by atoms with E-state index in [1.807, 2.05) is 0 Å². The Morgan fingerprint density at radius 3 is 3.00 bits per heavy atom. The average Bonchev–Trinajstić information content (AvgIpc) is 2.71. The van der Waals surface area contributed by atoms with Gasteiger partial charge in [0.15, 0.2) is 0 Å². The lowest BCUT2D eigenvalue weighted by Gasteiger charge is -2.16. The molecular weight excluding hydrogens is 280 g/mol. The van der Waals surface area contributed by atoms with Crippen LogP contribution in [0.1, 0.15) is 18.2 Å². The summed E-state index contributed by atoms with van der Waals surface area (Å²) >= 11 is 0. The zero-order valence-electron chi connectivity index (χ0n) is 11.2. The van der Waals surface area contributed by atoms with Crippen LogP contribution in [0.5, 0.6) is 0 Å². The fourth-order valence-electron chi connectivity index (χ4n) is 2.52. The average molecular weight is 296 g/mol. The molecule has 0 spiro atoms. The molecule has 9 heteroatoms. The lowest BCUT2D eigenvalue weighted by atomic mass is 10.2. The van der Waals surface area contributed by atoms with E-state index in [9.17, 15) is 14.7 Å². The van der Waals surface area contributed by atoms with E-state index in [-0.39, 0.29) is 18.8 Å². The molecule has 3 rings (SSSR count). The lowest BCUT2D eigenvalue weighted by molar-refractivity contribution is -0.0459. The number of hydrogen-bond donors (Lipinski definition) is 4. The highest BCUT2D eigenvalue weighted by Gasteiger charge is 2.35. The quantitative estimate of drug-likeness (QED) is 0.529. The van der Waals surface area contributed by atoms with Crippen LogP contribution in [0.25, 0.3) is 0 Å². The third-order valence-corrected chi connectivity index (χ3v) is 3.63. The third-order valence-electron chi connectivity index (χ3n) is 3.63. The number of anilines is 1. The van der Waals surface area contributed by atoms with Gasteiger partial charge in [-0.15, -0.1) is 0 Å². The van der Waals surface area contributed by atoms with Crippen molar-refractivity contribution in [2.24, 2.45) is 0 Å². The zero-order chi connectivity index (χ0) is 15.0. The number of aromatic nitrogens is 2. The summed E-state index contributed by atoms with van der Waals surface area (Å²) in [5.41, 5.74) is 0.130. The molecule has 0 saturated carbocycles. The molecule has 4 N–H and O–H groups in total. The van der Waals surface area contributed by atoms with Crippen LogP contribution in [-0.4, -0.2) is 51.2 Å². The predicted octanol–water partition coefficient (Wildman–Crippen LogP) is -1.44. The van der Waals surface area contributed by atoms with Gasteiger partial charge >= 0.3 is 11.7 Å². The van der Waals surface area contributed by atoms with E-state index in [2.05, 4.69) is 15.6 Å². The minimum atomic E-state index is -0.827. The molecule has 1 aromatic heterocycles. The molecule has 21 heavy (non-hydrogen) atoms.